The second kappa shape index (κ2) is 5.47. The van der Waals surface area contributed by atoms with Gasteiger partial charge in [0, 0.05) is 32.3 Å². The van der Waals surface area contributed by atoms with Gasteiger partial charge in [-0.2, -0.15) is 0 Å². The maximum absolute atomic E-state index is 13.2. The lowest BCUT2D eigenvalue weighted by Crippen LogP contribution is -2.36. The van der Waals surface area contributed by atoms with Crippen molar-refractivity contribution in [3.8, 4) is 5.75 Å². The molecule has 2 rings (SSSR count). The highest BCUT2D eigenvalue weighted by atomic mass is 19.1. The highest BCUT2D eigenvalue weighted by Gasteiger charge is 2.19. The smallest absolute Gasteiger partial charge is 0.165 e. The Hall–Kier alpha value is -1.13. The quantitative estimate of drug-likeness (QED) is 0.877. The van der Waals surface area contributed by atoms with Gasteiger partial charge in [-0.3, -0.25) is 4.90 Å². The summed E-state index contributed by atoms with van der Waals surface area (Å²) in [5.74, 6) is -0.768. The normalized spacial score (nSPS) is 18.5. The number of methoxy groups -OCH3 is 1. The molecule has 94 valence electrons. The first-order chi connectivity index (χ1) is 8.20. The van der Waals surface area contributed by atoms with Crippen molar-refractivity contribution in [1.29, 1.82) is 0 Å². The van der Waals surface area contributed by atoms with Crippen LogP contribution >= 0.6 is 0 Å². The minimum atomic E-state index is -0.547. The molecule has 1 heterocycles. The maximum atomic E-state index is 13.2. The summed E-state index contributed by atoms with van der Waals surface area (Å²) in [5.41, 5.74) is 0.654. The fourth-order valence-electron chi connectivity index (χ4n) is 2.23. The van der Waals surface area contributed by atoms with Crippen LogP contribution in [-0.4, -0.2) is 36.3 Å². The summed E-state index contributed by atoms with van der Waals surface area (Å²) in [5, 5.41) is 9.60. The SMILES string of the molecule is COC1CCN(Cc2cccc(F)c2O)CC1. The van der Waals surface area contributed by atoms with Crippen molar-refractivity contribution in [3.05, 3.63) is 29.6 Å². The van der Waals surface area contributed by atoms with Crippen LogP contribution in [0.4, 0.5) is 4.39 Å². The third-order valence-electron chi connectivity index (χ3n) is 3.33. The second-order valence-electron chi connectivity index (χ2n) is 4.46. The lowest BCUT2D eigenvalue weighted by atomic mass is 10.1. The van der Waals surface area contributed by atoms with Gasteiger partial charge in [0.1, 0.15) is 0 Å². The van der Waals surface area contributed by atoms with E-state index in [1.807, 2.05) is 0 Å². The Balaban J connectivity index is 1.95. The lowest BCUT2D eigenvalue weighted by molar-refractivity contribution is 0.0386. The molecule has 0 saturated carbocycles. The minimum Gasteiger partial charge on any atom is -0.505 e. The average Bonchev–Trinajstić information content (AvgIpc) is 2.36. The number of para-hydroxylation sites is 1. The van der Waals surface area contributed by atoms with E-state index in [1.165, 1.54) is 6.07 Å². The molecule has 0 aliphatic carbocycles. The molecule has 0 amide bonds. The summed E-state index contributed by atoms with van der Waals surface area (Å²) in [7, 11) is 1.73. The van der Waals surface area contributed by atoms with Gasteiger partial charge in [-0.25, -0.2) is 4.39 Å². The number of phenolic OH excluding ortho intramolecular Hbond substituents is 1. The summed E-state index contributed by atoms with van der Waals surface area (Å²) in [6.45, 7) is 2.45. The Kier molecular flexibility index (Phi) is 3.97. The summed E-state index contributed by atoms with van der Waals surface area (Å²) < 4.78 is 18.5. The number of rotatable bonds is 3. The predicted octanol–water partition coefficient (Wildman–Crippen LogP) is 2.14. The number of phenols is 1. The molecule has 1 aromatic rings. The van der Waals surface area contributed by atoms with E-state index in [4.69, 9.17) is 4.74 Å². The molecule has 1 fully saturated rings. The Labute approximate surface area is 101 Å². The summed E-state index contributed by atoms with van der Waals surface area (Å²) in [4.78, 5) is 2.21. The van der Waals surface area contributed by atoms with Crippen LogP contribution in [0.25, 0.3) is 0 Å². The van der Waals surface area contributed by atoms with E-state index in [2.05, 4.69) is 4.90 Å². The predicted molar refractivity (Wildman–Crippen MR) is 63.4 cm³/mol. The van der Waals surface area contributed by atoms with Crippen LogP contribution in [0.5, 0.6) is 5.75 Å². The molecule has 0 bridgehead atoms. The van der Waals surface area contributed by atoms with Gasteiger partial charge in [0.15, 0.2) is 11.6 Å². The molecule has 1 saturated heterocycles. The Bertz CT molecular complexity index is 376. The van der Waals surface area contributed by atoms with Gasteiger partial charge in [-0.1, -0.05) is 12.1 Å². The number of benzene rings is 1. The molecule has 0 unspecified atom stereocenters. The zero-order valence-electron chi connectivity index (χ0n) is 10.0. The van der Waals surface area contributed by atoms with E-state index in [0.29, 0.717) is 18.2 Å². The van der Waals surface area contributed by atoms with Crippen molar-refractivity contribution in [2.45, 2.75) is 25.5 Å². The Morgan fingerprint density at radius 1 is 1.41 bits per heavy atom. The van der Waals surface area contributed by atoms with Crippen molar-refractivity contribution in [2.75, 3.05) is 20.2 Å². The van der Waals surface area contributed by atoms with E-state index in [0.717, 1.165) is 25.9 Å². The van der Waals surface area contributed by atoms with E-state index in [1.54, 1.807) is 19.2 Å². The first kappa shape index (κ1) is 12.3. The molecule has 0 spiro atoms. The van der Waals surface area contributed by atoms with Gasteiger partial charge in [-0.15, -0.1) is 0 Å². The van der Waals surface area contributed by atoms with Crippen molar-refractivity contribution in [1.82, 2.24) is 4.90 Å². The van der Waals surface area contributed by atoms with E-state index >= 15 is 0 Å². The topological polar surface area (TPSA) is 32.7 Å². The number of aromatic hydroxyl groups is 1. The number of hydrogen-bond donors (Lipinski definition) is 1. The van der Waals surface area contributed by atoms with Crippen LogP contribution < -0.4 is 0 Å². The van der Waals surface area contributed by atoms with E-state index in [-0.39, 0.29) is 5.75 Å². The van der Waals surface area contributed by atoms with Crippen molar-refractivity contribution >= 4 is 0 Å². The van der Waals surface area contributed by atoms with Crippen LogP contribution in [0.15, 0.2) is 18.2 Å². The number of nitrogens with zero attached hydrogens (tertiary/aromatic N) is 1. The van der Waals surface area contributed by atoms with Crippen LogP contribution in [0.1, 0.15) is 18.4 Å². The summed E-state index contributed by atoms with van der Waals surface area (Å²) in [6.07, 6.45) is 2.33. The third-order valence-corrected chi connectivity index (χ3v) is 3.33. The highest BCUT2D eigenvalue weighted by molar-refractivity contribution is 5.33. The Morgan fingerprint density at radius 2 is 2.12 bits per heavy atom. The molecule has 0 atom stereocenters. The molecule has 0 radical (unpaired) electrons. The molecule has 4 heteroatoms. The van der Waals surface area contributed by atoms with Gasteiger partial charge < -0.3 is 9.84 Å². The van der Waals surface area contributed by atoms with Crippen LogP contribution in [0.3, 0.4) is 0 Å². The molecule has 17 heavy (non-hydrogen) atoms. The molecule has 1 N–H and O–H groups in total. The summed E-state index contributed by atoms with van der Waals surface area (Å²) in [6, 6.07) is 4.67. The van der Waals surface area contributed by atoms with Gasteiger partial charge in [0.2, 0.25) is 0 Å². The average molecular weight is 239 g/mol. The number of halogens is 1. The Morgan fingerprint density at radius 3 is 2.76 bits per heavy atom. The number of hydrogen-bond acceptors (Lipinski definition) is 3. The molecular formula is C13H18FNO2. The standard InChI is InChI=1S/C13H18FNO2/c1-17-11-5-7-15(8-6-11)9-10-3-2-4-12(14)13(10)16/h2-4,11,16H,5-9H2,1H3. The van der Waals surface area contributed by atoms with Gasteiger partial charge in [0.25, 0.3) is 0 Å². The van der Waals surface area contributed by atoms with E-state index in [9.17, 15) is 9.50 Å². The lowest BCUT2D eigenvalue weighted by Gasteiger charge is -2.31. The summed E-state index contributed by atoms with van der Waals surface area (Å²) >= 11 is 0. The molecule has 3 nitrogen and oxygen atoms in total. The van der Waals surface area contributed by atoms with Crippen molar-refractivity contribution in [2.24, 2.45) is 0 Å². The monoisotopic (exact) mass is 239 g/mol. The largest absolute Gasteiger partial charge is 0.505 e. The maximum Gasteiger partial charge on any atom is 0.165 e. The fraction of sp³-hybridized carbons (Fsp3) is 0.538. The number of piperidine rings is 1. The zero-order valence-corrected chi connectivity index (χ0v) is 10.0. The van der Waals surface area contributed by atoms with Crippen molar-refractivity contribution < 1.29 is 14.2 Å². The zero-order chi connectivity index (χ0) is 12.3. The minimum absolute atomic E-state index is 0.221. The first-order valence-corrected chi connectivity index (χ1v) is 5.92. The van der Waals surface area contributed by atoms with Gasteiger partial charge >= 0.3 is 0 Å². The molecular weight excluding hydrogens is 221 g/mol. The highest BCUT2D eigenvalue weighted by Crippen LogP contribution is 2.23. The number of ether oxygens (including phenoxy) is 1. The van der Waals surface area contributed by atoms with Crippen LogP contribution in [0.2, 0.25) is 0 Å². The van der Waals surface area contributed by atoms with E-state index < -0.39 is 5.82 Å². The number of likely N-dealkylation sites (tertiary alicyclic amines) is 1. The fourth-order valence-corrected chi connectivity index (χ4v) is 2.23. The molecule has 1 aliphatic heterocycles. The molecule has 1 aromatic carbocycles. The molecule has 1 aliphatic rings. The first-order valence-electron chi connectivity index (χ1n) is 5.92. The molecule has 0 aromatic heterocycles. The van der Waals surface area contributed by atoms with Gasteiger partial charge in [0.05, 0.1) is 6.10 Å². The van der Waals surface area contributed by atoms with Crippen LogP contribution in [0, 0.1) is 5.82 Å². The second-order valence-corrected chi connectivity index (χ2v) is 4.46. The van der Waals surface area contributed by atoms with Gasteiger partial charge in [-0.05, 0) is 18.9 Å². The van der Waals surface area contributed by atoms with Crippen LogP contribution in [-0.2, 0) is 11.3 Å². The van der Waals surface area contributed by atoms with Crippen molar-refractivity contribution in [3.63, 3.8) is 0 Å². The third kappa shape index (κ3) is 2.96.